The lowest BCUT2D eigenvalue weighted by molar-refractivity contribution is -0.119. The smallest absolute Gasteiger partial charge is 0.227 e. The second-order valence-corrected chi connectivity index (χ2v) is 10.1. The molecule has 0 fully saturated rings. The van der Waals surface area contributed by atoms with Gasteiger partial charge in [-0.3, -0.25) is 14.5 Å². The average Bonchev–Trinajstić information content (AvgIpc) is 3.04. The quantitative estimate of drug-likeness (QED) is 0.357. The molecule has 1 aliphatic heterocycles. The minimum Gasteiger partial charge on any atom is -0.357 e. The van der Waals surface area contributed by atoms with Crippen molar-refractivity contribution >= 4 is 23.1 Å². The molecule has 1 aliphatic carbocycles. The lowest BCUT2D eigenvalue weighted by atomic mass is 9.78. The summed E-state index contributed by atoms with van der Waals surface area (Å²) in [6, 6.07) is 21.6. The molecule has 1 heterocycles. The van der Waals surface area contributed by atoms with Crippen LogP contribution in [0.1, 0.15) is 74.1 Å². The number of carbonyl (C=O) groups is 2. The van der Waals surface area contributed by atoms with E-state index in [4.69, 9.17) is 0 Å². The molecular formula is C32H33FN2O2. The van der Waals surface area contributed by atoms with E-state index >= 15 is 4.39 Å². The average molecular weight is 497 g/mol. The van der Waals surface area contributed by atoms with Crippen molar-refractivity contribution in [3.8, 4) is 0 Å². The molecule has 2 aliphatic rings. The van der Waals surface area contributed by atoms with Gasteiger partial charge in [0.2, 0.25) is 5.91 Å². The summed E-state index contributed by atoms with van der Waals surface area (Å²) in [6.45, 7) is 4.14. The Hall–Kier alpha value is -3.73. The minimum absolute atomic E-state index is 0.0135. The molecule has 5 heteroatoms. The van der Waals surface area contributed by atoms with E-state index in [9.17, 15) is 9.59 Å². The number of aryl methyl sites for hydroxylation is 1. The van der Waals surface area contributed by atoms with E-state index in [1.807, 2.05) is 31.2 Å². The first-order valence-electron chi connectivity index (χ1n) is 13.2. The summed E-state index contributed by atoms with van der Waals surface area (Å²) in [5.41, 5.74) is 5.32. The zero-order valence-electron chi connectivity index (χ0n) is 21.5. The van der Waals surface area contributed by atoms with Crippen molar-refractivity contribution in [1.82, 2.24) is 0 Å². The third-order valence-electron chi connectivity index (χ3n) is 7.50. The molecule has 1 N–H and O–H groups in total. The Morgan fingerprint density at radius 2 is 1.70 bits per heavy atom. The molecule has 0 aromatic heterocycles. The fraction of sp³-hybridized carbons (Fsp3) is 0.312. The van der Waals surface area contributed by atoms with Gasteiger partial charge in [-0.2, -0.15) is 0 Å². The highest BCUT2D eigenvalue weighted by Crippen LogP contribution is 2.48. The van der Waals surface area contributed by atoms with Crippen molar-refractivity contribution in [3.63, 3.8) is 0 Å². The molecular weight excluding hydrogens is 463 g/mol. The Morgan fingerprint density at radius 3 is 2.46 bits per heavy atom. The van der Waals surface area contributed by atoms with Crippen LogP contribution in [0.25, 0.3) is 0 Å². The number of unbranched alkanes of at least 4 members (excludes halogenated alkanes) is 2. The van der Waals surface area contributed by atoms with Gasteiger partial charge < -0.3 is 5.32 Å². The maximum Gasteiger partial charge on any atom is 0.227 e. The van der Waals surface area contributed by atoms with Gasteiger partial charge in [0, 0.05) is 29.7 Å². The Morgan fingerprint density at radius 1 is 0.973 bits per heavy atom. The summed E-state index contributed by atoms with van der Waals surface area (Å²) in [6.07, 6.45) is 3.96. The summed E-state index contributed by atoms with van der Waals surface area (Å²) in [4.78, 5) is 29.4. The molecule has 4 nitrogen and oxygen atoms in total. The molecule has 0 radical (unpaired) electrons. The summed E-state index contributed by atoms with van der Waals surface area (Å²) in [5, 5.41) is 3.52. The zero-order valence-corrected chi connectivity index (χ0v) is 21.5. The Kier molecular flexibility index (Phi) is 7.22. The van der Waals surface area contributed by atoms with Gasteiger partial charge in [0.1, 0.15) is 5.82 Å². The van der Waals surface area contributed by atoms with E-state index in [0.29, 0.717) is 36.1 Å². The minimum atomic E-state index is -0.826. The Bertz CT molecular complexity index is 1340. The van der Waals surface area contributed by atoms with Crippen molar-refractivity contribution in [2.75, 3.05) is 10.2 Å². The van der Waals surface area contributed by atoms with E-state index in [2.05, 4.69) is 36.5 Å². The van der Waals surface area contributed by atoms with Crippen LogP contribution in [0.4, 0.5) is 15.8 Å². The number of anilines is 2. The van der Waals surface area contributed by atoms with Crippen LogP contribution in [0.3, 0.4) is 0 Å². The van der Waals surface area contributed by atoms with Crippen LogP contribution in [0.2, 0.25) is 0 Å². The molecule has 2 atom stereocenters. The van der Waals surface area contributed by atoms with Crippen molar-refractivity contribution in [2.24, 2.45) is 0 Å². The van der Waals surface area contributed by atoms with Crippen molar-refractivity contribution < 1.29 is 14.0 Å². The fourth-order valence-electron chi connectivity index (χ4n) is 5.58. The number of allylic oxidation sites excluding steroid dienone is 1. The summed E-state index contributed by atoms with van der Waals surface area (Å²) in [5.74, 6) is -0.553. The third-order valence-corrected chi connectivity index (χ3v) is 7.50. The zero-order chi connectivity index (χ0) is 25.9. The van der Waals surface area contributed by atoms with Gasteiger partial charge in [-0.05, 0) is 49.4 Å². The first-order chi connectivity index (χ1) is 18.0. The molecule has 0 saturated heterocycles. The van der Waals surface area contributed by atoms with Crippen LogP contribution in [0, 0.1) is 12.7 Å². The second kappa shape index (κ2) is 10.7. The van der Waals surface area contributed by atoms with Crippen molar-refractivity contribution in [3.05, 3.63) is 107 Å². The predicted molar refractivity (Wildman–Crippen MR) is 146 cm³/mol. The number of nitrogens with zero attached hydrogens (tertiary/aromatic N) is 1. The van der Waals surface area contributed by atoms with E-state index in [0.717, 1.165) is 36.2 Å². The maximum atomic E-state index is 15.4. The summed E-state index contributed by atoms with van der Waals surface area (Å²) >= 11 is 0. The third kappa shape index (κ3) is 4.95. The normalized spacial score (nSPS) is 19.1. The van der Waals surface area contributed by atoms with Gasteiger partial charge in [0.25, 0.3) is 0 Å². The van der Waals surface area contributed by atoms with Crippen LogP contribution in [0.15, 0.2) is 84.1 Å². The highest BCUT2D eigenvalue weighted by molar-refractivity contribution is 6.06. The van der Waals surface area contributed by atoms with Crippen molar-refractivity contribution in [2.45, 2.75) is 64.3 Å². The topological polar surface area (TPSA) is 49.4 Å². The van der Waals surface area contributed by atoms with Gasteiger partial charge in [0.05, 0.1) is 17.4 Å². The number of para-hydroxylation sites is 2. The molecule has 0 spiro atoms. The largest absolute Gasteiger partial charge is 0.357 e. The number of Topliss-reactive ketones (excluding diaryl/α,β-unsaturated/α-hetero) is 1. The SMILES string of the molecule is CCCCCC(=O)N1c2ccccc2NC2=C(C(=O)CC(c3ccc(C)cc3)C2)C1c1ccccc1F. The van der Waals surface area contributed by atoms with Gasteiger partial charge in [-0.1, -0.05) is 79.9 Å². The lowest BCUT2D eigenvalue weighted by Crippen LogP contribution is -2.38. The molecule has 0 saturated carbocycles. The number of benzene rings is 3. The first kappa shape index (κ1) is 24.9. The molecule has 2 unspecified atom stereocenters. The molecule has 3 aromatic carbocycles. The highest BCUT2D eigenvalue weighted by Gasteiger charge is 2.42. The molecule has 5 rings (SSSR count). The fourth-order valence-corrected chi connectivity index (χ4v) is 5.58. The number of fused-ring (bicyclic) bond motifs is 1. The van der Waals surface area contributed by atoms with E-state index in [1.54, 1.807) is 23.1 Å². The number of halogens is 1. The first-order valence-corrected chi connectivity index (χ1v) is 13.2. The Balaban J connectivity index is 1.67. The van der Waals surface area contributed by atoms with Crippen LogP contribution in [-0.2, 0) is 9.59 Å². The number of amides is 1. The van der Waals surface area contributed by atoms with E-state index < -0.39 is 11.9 Å². The number of hydrogen-bond donors (Lipinski definition) is 1. The Labute approximate surface area is 218 Å². The van der Waals surface area contributed by atoms with Crippen molar-refractivity contribution in [1.29, 1.82) is 0 Å². The van der Waals surface area contributed by atoms with Crippen LogP contribution in [0.5, 0.6) is 0 Å². The molecule has 190 valence electrons. The van der Waals surface area contributed by atoms with Gasteiger partial charge in [-0.15, -0.1) is 0 Å². The standard InChI is InChI=1S/C32H33FN2O2/c1-3-4-5-14-30(37)35-28-13-9-8-12-26(28)34-27-19-23(22-17-15-21(2)16-18-22)20-29(36)31(27)32(35)24-10-6-7-11-25(24)33/h6-13,15-18,23,32,34H,3-5,14,19-20H2,1-2H3. The maximum absolute atomic E-state index is 15.4. The van der Waals surface area contributed by atoms with Crippen LogP contribution < -0.4 is 10.2 Å². The number of nitrogens with one attached hydrogen (secondary N) is 1. The van der Waals surface area contributed by atoms with Crippen LogP contribution >= 0.6 is 0 Å². The summed E-state index contributed by atoms with van der Waals surface area (Å²) < 4.78 is 15.4. The number of ketones is 1. The highest BCUT2D eigenvalue weighted by atomic mass is 19.1. The van der Waals surface area contributed by atoms with Gasteiger partial charge in [-0.25, -0.2) is 4.39 Å². The lowest BCUT2D eigenvalue weighted by Gasteiger charge is -2.35. The monoisotopic (exact) mass is 496 g/mol. The number of hydrogen-bond acceptors (Lipinski definition) is 3. The van der Waals surface area contributed by atoms with Gasteiger partial charge >= 0.3 is 0 Å². The van der Waals surface area contributed by atoms with E-state index in [1.165, 1.54) is 11.6 Å². The number of carbonyl (C=O) groups excluding carboxylic acids is 2. The summed E-state index contributed by atoms with van der Waals surface area (Å²) in [7, 11) is 0. The second-order valence-electron chi connectivity index (χ2n) is 10.1. The number of rotatable bonds is 6. The van der Waals surface area contributed by atoms with Gasteiger partial charge in [0.15, 0.2) is 5.78 Å². The molecule has 3 aromatic rings. The molecule has 0 bridgehead atoms. The molecule has 1 amide bonds. The van der Waals surface area contributed by atoms with E-state index in [-0.39, 0.29) is 17.6 Å². The van der Waals surface area contributed by atoms with Crippen LogP contribution in [-0.4, -0.2) is 11.7 Å². The predicted octanol–water partition coefficient (Wildman–Crippen LogP) is 7.62. The molecule has 37 heavy (non-hydrogen) atoms.